The monoisotopic (exact) mass is 338 g/mol. The SMILES string of the molecule is COCCNCC(=O)NC(C)c1ccc(OC(F)F)cc1.Cl. The van der Waals surface area contributed by atoms with Crippen molar-refractivity contribution in [2.24, 2.45) is 0 Å². The minimum Gasteiger partial charge on any atom is -0.435 e. The fourth-order valence-electron chi connectivity index (χ4n) is 1.69. The number of nitrogens with one attached hydrogen (secondary N) is 2. The van der Waals surface area contributed by atoms with Crippen LogP contribution in [0.1, 0.15) is 18.5 Å². The van der Waals surface area contributed by atoms with Crippen LogP contribution in [0.4, 0.5) is 8.78 Å². The average molecular weight is 339 g/mol. The lowest BCUT2D eigenvalue weighted by Crippen LogP contribution is -2.36. The predicted octanol–water partition coefficient (Wildman–Crippen LogP) is 2.12. The lowest BCUT2D eigenvalue weighted by atomic mass is 10.1. The van der Waals surface area contributed by atoms with E-state index in [2.05, 4.69) is 15.4 Å². The minimum atomic E-state index is -2.84. The third-order valence-electron chi connectivity index (χ3n) is 2.75. The number of alkyl halides is 2. The zero-order valence-electron chi connectivity index (χ0n) is 12.5. The van der Waals surface area contributed by atoms with Gasteiger partial charge in [0, 0.05) is 13.7 Å². The van der Waals surface area contributed by atoms with Crippen LogP contribution in [0.5, 0.6) is 5.75 Å². The fraction of sp³-hybridized carbons (Fsp3) is 0.500. The van der Waals surface area contributed by atoms with Gasteiger partial charge in [0.05, 0.1) is 19.2 Å². The first-order chi connectivity index (χ1) is 10.0. The summed E-state index contributed by atoms with van der Waals surface area (Å²) in [6.07, 6.45) is 0. The molecule has 0 saturated carbocycles. The summed E-state index contributed by atoms with van der Waals surface area (Å²) in [6, 6.07) is 5.95. The molecule has 0 bridgehead atoms. The van der Waals surface area contributed by atoms with Gasteiger partial charge >= 0.3 is 6.61 Å². The van der Waals surface area contributed by atoms with E-state index in [9.17, 15) is 13.6 Å². The van der Waals surface area contributed by atoms with E-state index in [0.717, 1.165) is 5.56 Å². The molecular formula is C14H21ClF2N2O3. The number of hydrogen-bond acceptors (Lipinski definition) is 4. The van der Waals surface area contributed by atoms with Crippen molar-refractivity contribution in [3.8, 4) is 5.75 Å². The number of halogens is 3. The molecule has 0 saturated heterocycles. The fourth-order valence-corrected chi connectivity index (χ4v) is 1.69. The van der Waals surface area contributed by atoms with E-state index in [4.69, 9.17) is 4.74 Å². The summed E-state index contributed by atoms with van der Waals surface area (Å²) in [5, 5.41) is 5.74. The minimum absolute atomic E-state index is 0. The van der Waals surface area contributed by atoms with Gasteiger partial charge < -0.3 is 20.1 Å². The van der Waals surface area contributed by atoms with E-state index in [-0.39, 0.29) is 36.7 Å². The van der Waals surface area contributed by atoms with Gasteiger partial charge in [-0.05, 0) is 24.6 Å². The predicted molar refractivity (Wildman–Crippen MR) is 81.6 cm³/mol. The number of ether oxygens (including phenoxy) is 2. The summed E-state index contributed by atoms with van der Waals surface area (Å²) < 4.78 is 33.2. The van der Waals surface area contributed by atoms with E-state index in [1.54, 1.807) is 19.2 Å². The van der Waals surface area contributed by atoms with Gasteiger partial charge in [0.2, 0.25) is 5.91 Å². The van der Waals surface area contributed by atoms with Crippen molar-refractivity contribution in [2.75, 3.05) is 26.8 Å². The third kappa shape index (κ3) is 8.11. The number of amides is 1. The molecule has 1 amide bonds. The number of hydrogen-bond donors (Lipinski definition) is 2. The van der Waals surface area contributed by atoms with Crippen molar-refractivity contribution in [1.29, 1.82) is 0 Å². The molecule has 2 N–H and O–H groups in total. The molecule has 0 aliphatic rings. The van der Waals surface area contributed by atoms with Crippen molar-refractivity contribution in [1.82, 2.24) is 10.6 Å². The molecule has 8 heteroatoms. The molecule has 0 heterocycles. The molecule has 1 rings (SSSR count). The van der Waals surface area contributed by atoms with Crippen molar-refractivity contribution < 1.29 is 23.0 Å². The Kier molecular flexibility index (Phi) is 10.4. The first-order valence-corrected chi connectivity index (χ1v) is 6.56. The number of carbonyl (C=O) groups excluding carboxylic acids is 1. The van der Waals surface area contributed by atoms with E-state index < -0.39 is 6.61 Å². The Labute approximate surface area is 134 Å². The molecule has 0 aliphatic carbocycles. The highest BCUT2D eigenvalue weighted by Gasteiger charge is 2.10. The van der Waals surface area contributed by atoms with E-state index in [1.165, 1.54) is 12.1 Å². The summed E-state index contributed by atoms with van der Waals surface area (Å²) >= 11 is 0. The van der Waals surface area contributed by atoms with Crippen LogP contribution in [0.2, 0.25) is 0 Å². The second kappa shape index (κ2) is 11.2. The van der Waals surface area contributed by atoms with Crippen molar-refractivity contribution in [3.63, 3.8) is 0 Å². The van der Waals surface area contributed by atoms with Crippen LogP contribution in [0, 0.1) is 0 Å². The van der Waals surface area contributed by atoms with Gasteiger partial charge in [-0.2, -0.15) is 8.78 Å². The molecule has 0 spiro atoms. The Morgan fingerprint density at radius 2 is 1.91 bits per heavy atom. The Bertz CT molecular complexity index is 433. The molecule has 5 nitrogen and oxygen atoms in total. The summed E-state index contributed by atoms with van der Waals surface area (Å²) in [5.74, 6) is -0.0555. The second-order valence-electron chi connectivity index (χ2n) is 4.41. The van der Waals surface area contributed by atoms with Gasteiger partial charge in [-0.3, -0.25) is 4.79 Å². The van der Waals surface area contributed by atoms with Gasteiger partial charge in [0.25, 0.3) is 0 Å². The van der Waals surface area contributed by atoms with Gasteiger partial charge in [-0.25, -0.2) is 0 Å². The molecule has 0 aliphatic heterocycles. The Balaban J connectivity index is 0.00000441. The van der Waals surface area contributed by atoms with Crippen LogP contribution in [0.15, 0.2) is 24.3 Å². The zero-order chi connectivity index (χ0) is 15.7. The number of carbonyl (C=O) groups is 1. The molecule has 1 aromatic rings. The molecule has 1 unspecified atom stereocenters. The second-order valence-corrected chi connectivity index (χ2v) is 4.41. The third-order valence-corrected chi connectivity index (χ3v) is 2.75. The Hall–Kier alpha value is -1.44. The highest BCUT2D eigenvalue weighted by atomic mass is 35.5. The number of rotatable bonds is 9. The summed E-state index contributed by atoms with van der Waals surface area (Å²) in [6.45, 7) is 0.300. The summed E-state index contributed by atoms with van der Waals surface area (Å²) in [5.41, 5.74) is 0.807. The summed E-state index contributed by atoms with van der Waals surface area (Å²) in [4.78, 5) is 11.7. The number of methoxy groups -OCH3 is 1. The van der Waals surface area contributed by atoms with E-state index >= 15 is 0 Å². The smallest absolute Gasteiger partial charge is 0.387 e. The quantitative estimate of drug-likeness (QED) is 0.677. The maximum Gasteiger partial charge on any atom is 0.387 e. The van der Waals surface area contributed by atoms with Crippen LogP contribution < -0.4 is 15.4 Å². The standard InChI is InChI=1S/C14H20F2N2O3.ClH/c1-10(18-13(19)9-17-7-8-20-2)11-3-5-12(6-4-11)21-14(15)16;/h3-6,10,14,17H,7-9H2,1-2H3,(H,18,19);1H. The normalized spacial score (nSPS) is 11.7. The molecule has 1 aromatic carbocycles. The molecule has 126 valence electrons. The van der Waals surface area contributed by atoms with Gasteiger partial charge in [0.1, 0.15) is 5.75 Å². The van der Waals surface area contributed by atoms with Crippen molar-refractivity contribution in [2.45, 2.75) is 19.6 Å². The van der Waals surface area contributed by atoms with Gasteiger partial charge in [-0.15, -0.1) is 12.4 Å². The molecule has 0 fully saturated rings. The maximum atomic E-state index is 12.0. The molecular weight excluding hydrogens is 318 g/mol. The van der Waals surface area contributed by atoms with Crippen molar-refractivity contribution in [3.05, 3.63) is 29.8 Å². The van der Waals surface area contributed by atoms with Crippen LogP contribution in [0.25, 0.3) is 0 Å². The molecule has 1 atom stereocenters. The Morgan fingerprint density at radius 1 is 1.27 bits per heavy atom. The largest absolute Gasteiger partial charge is 0.435 e. The molecule has 0 aromatic heterocycles. The van der Waals surface area contributed by atoms with Crippen LogP contribution in [-0.2, 0) is 9.53 Å². The van der Waals surface area contributed by atoms with Gasteiger partial charge in [-0.1, -0.05) is 12.1 Å². The average Bonchev–Trinajstić information content (AvgIpc) is 2.43. The van der Waals surface area contributed by atoms with Crippen LogP contribution in [0.3, 0.4) is 0 Å². The van der Waals surface area contributed by atoms with Crippen LogP contribution in [-0.4, -0.2) is 39.3 Å². The van der Waals surface area contributed by atoms with E-state index in [0.29, 0.717) is 13.2 Å². The van der Waals surface area contributed by atoms with Crippen molar-refractivity contribution >= 4 is 18.3 Å². The molecule has 22 heavy (non-hydrogen) atoms. The number of benzene rings is 1. The maximum absolute atomic E-state index is 12.0. The first-order valence-electron chi connectivity index (χ1n) is 6.56. The highest BCUT2D eigenvalue weighted by molar-refractivity contribution is 5.85. The Morgan fingerprint density at radius 3 is 2.45 bits per heavy atom. The first kappa shape index (κ1) is 20.6. The van der Waals surface area contributed by atoms with Crippen LogP contribution >= 0.6 is 12.4 Å². The molecule has 0 radical (unpaired) electrons. The lowest BCUT2D eigenvalue weighted by Gasteiger charge is -2.15. The van der Waals surface area contributed by atoms with Gasteiger partial charge in [0.15, 0.2) is 0 Å². The topological polar surface area (TPSA) is 59.6 Å². The van der Waals surface area contributed by atoms with E-state index in [1.807, 2.05) is 6.92 Å². The highest BCUT2D eigenvalue weighted by Crippen LogP contribution is 2.18. The zero-order valence-corrected chi connectivity index (χ0v) is 13.3. The summed E-state index contributed by atoms with van der Waals surface area (Å²) in [7, 11) is 1.59. The lowest BCUT2D eigenvalue weighted by molar-refractivity contribution is -0.120.